The summed E-state index contributed by atoms with van der Waals surface area (Å²) in [5.41, 5.74) is 2.39. The number of rotatable bonds is 5. The van der Waals surface area contributed by atoms with Crippen molar-refractivity contribution in [3.05, 3.63) is 89.5 Å². The third-order valence-electron chi connectivity index (χ3n) is 6.45. The Bertz CT molecular complexity index is 1270. The number of carbonyl (C=O) groups is 1. The molecular weight excluding hydrogens is 455 g/mol. The summed E-state index contributed by atoms with van der Waals surface area (Å²) in [6.45, 7) is 5.79. The number of nitriles is 1. The van der Waals surface area contributed by atoms with Crippen LogP contribution >= 0.6 is 0 Å². The van der Waals surface area contributed by atoms with Crippen molar-refractivity contribution in [3.63, 3.8) is 0 Å². The molecule has 0 aliphatic carbocycles. The second-order valence-electron chi connectivity index (χ2n) is 8.72. The van der Waals surface area contributed by atoms with E-state index in [2.05, 4.69) is 10.8 Å². The van der Waals surface area contributed by atoms with Gasteiger partial charge in [-0.2, -0.15) is 5.26 Å². The smallest absolute Gasteiger partial charge is 0.406 e. The Morgan fingerprint density at radius 1 is 1.03 bits per heavy atom. The van der Waals surface area contributed by atoms with Crippen LogP contribution in [-0.2, 0) is 0 Å². The van der Waals surface area contributed by atoms with Gasteiger partial charge < -0.3 is 4.74 Å². The van der Waals surface area contributed by atoms with E-state index in [0.717, 1.165) is 5.56 Å². The summed E-state index contributed by atoms with van der Waals surface area (Å²) in [5.74, 6) is -0.346. The molecule has 35 heavy (non-hydrogen) atoms. The molecule has 1 aliphatic heterocycles. The molecule has 0 bridgehead atoms. The first-order chi connectivity index (χ1) is 16.6. The summed E-state index contributed by atoms with van der Waals surface area (Å²) in [4.78, 5) is 17.3. The standard InChI is InChI=1S/C27H24F3N3O2/c1-4-26(3)24(20-6-5-7-23(16-20)35-27(28,29)30)32(21-12-8-18(2)9-13-21)25(34)33(26)22-14-10-19(17-31)11-15-22/h5-16,24H,4H2,1-3H3/t24-,26-/m1/s1. The quantitative estimate of drug-likeness (QED) is 0.391. The lowest BCUT2D eigenvalue weighted by Gasteiger charge is -2.38. The second-order valence-corrected chi connectivity index (χ2v) is 8.72. The first kappa shape index (κ1) is 24.1. The first-order valence-corrected chi connectivity index (χ1v) is 11.1. The molecular formula is C27H24F3N3O2. The van der Waals surface area contributed by atoms with Crippen molar-refractivity contribution in [3.8, 4) is 11.8 Å². The molecule has 1 fully saturated rings. The number of anilines is 2. The molecule has 0 unspecified atom stereocenters. The van der Waals surface area contributed by atoms with Crippen LogP contribution in [0.2, 0.25) is 0 Å². The molecule has 1 heterocycles. The molecule has 0 spiro atoms. The van der Waals surface area contributed by atoms with Crippen molar-refractivity contribution in [2.24, 2.45) is 0 Å². The molecule has 3 aromatic rings. The van der Waals surface area contributed by atoms with Crippen LogP contribution in [0.25, 0.3) is 0 Å². The predicted octanol–water partition coefficient (Wildman–Crippen LogP) is 7.12. The minimum absolute atomic E-state index is 0.310. The maximum absolute atomic E-state index is 14.0. The Kier molecular flexibility index (Phi) is 6.20. The normalized spacial score (nSPS) is 20.1. The van der Waals surface area contributed by atoms with Gasteiger partial charge >= 0.3 is 12.4 Å². The van der Waals surface area contributed by atoms with Crippen LogP contribution in [0.5, 0.6) is 5.75 Å². The molecule has 0 aromatic heterocycles. The fourth-order valence-corrected chi connectivity index (χ4v) is 4.63. The molecule has 1 saturated heterocycles. The highest BCUT2D eigenvalue weighted by Crippen LogP contribution is 2.50. The number of urea groups is 1. The van der Waals surface area contributed by atoms with Crippen molar-refractivity contribution in [2.75, 3.05) is 9.80 Å². The van der Waals surface area contributed by atoms with Gasteiger partial charge in [-0.25, -0.2) is 4.79 Å². The Balaban J connectivity index is 1.89. The summed E-state index contributed by atoms with van der Waals surface area (Å²) >= 11 is 0. The monoisotopic (exact) mass is 479 g/mol. The minimum atomic E-state index is -4.83. The summed E-state index contributed by atoms with van der Waals surface area (Å²) in [6, 6.07) is 21.1. The number of halogens is 3. The maximum Gasteiger partial charge on any atom is 0.573 e. The molecule has 4 rings (SSSR count). The Labute approximate surface area is 202 Å². The average molecular weight is 480 g/mol. The van der Waals surface area contributed by atoms with Crippen LogP contribution in [0.1, 0.15) is 43.0 Å². The first-order valence-electron chi connectivity index (χ1n) is 11.1. The zero-order chi connectivity index (χ0) is 25.4. The van der Waals surface area contributed by atoms with Crippen LogP contribution in [0.15, 0.2) is 72.8 Å². The highest BCUT2D eigenvalue weighted by atomic mass is 19.4. The molecule has 2 atom stereocenters. The van der Waals surface area contributed by atoms with E-state index in [9.17, 15) is 23.2 Å². The fraction of sp³-hybridized carbons (Fsp3) is 0.259. The molecule has 8 heteroatoms. The molecule has 0 N–H and O–H groups in total. The van der Waals surface area contributed by atoms with Gasteiger partial charge in [0.05, 0.1) is 23.2 Å². The van der Waals surface area contributed by atoms with E-state index < -0.39 is 17.9 Å². The second kappa shape index (κ2) is 8.99. The summed E-state index contributed by atoms with van der Waals surface area (Å²) in [5, 5.41) is 9.17. The van der Waals surface area contributed by atoms with Crippen molar-refractivity contribution in [2.45, 2.75) is 45.1 Å². The number of hydrogen-bond acceptors (Lipinski definition) is 3. The van der Waals surface area contributed by atoms with Crippen LogP contribution in [-0.4, -0.2) is 17.9 Å². The van der Waals surface area contributed by atoms with Gasteiger partial charge in [0.15, 0.2) is 0 Å². The summed E-state index contributed by atoms with van der Waals surface area (Å²) in [7, 11) is 0. The van der Waals surface area contributed by atoms with Crippen LogP contribution < -0.4 is 14.5 Å². The zero-order valence-electron chi connectivity index (χ0n) is 19.5. The number of amides is 2. The Hall–Kier alpha value is -3.99. The molecule has 180 valence electrons. The highest BCUT2D eigenvalue weighted by Gasteiger charge is 2.55. The van der Waals surface area contributed by atoms with Gasteiger partial charge in [-0.05, 0) is 74.4 Å². The van der Waals surface area contributed by atoms with E-state index in [4.69, 9.17) is 0 Å². The van der Waals surface area contributed by atoms with E-state index in [1.165, 1.54) is 18.2 Å². The van der Waals surface area contributed by atoms with Gasteiger partial charge in [-0.1, -0.05) is 36.8 Å². The lowest BCUT2D eigenvalue weighted by molar-refractivity contribution is -0.274. The van der Waals surface area contributed by atoms with Gasteiger partial charge in [0.25, 0.3) is 0 Å². The molecule has 0 radical (unpaired) electrons. The number of hydrogen-bond donors (Lipinski definition) is 0. The molecule has 3 aromatic carbocycles. The highest BCUT2D eigenvalue weighted by molar-refractivity contribution is 6.08. The van der Waals surface area contributed by atoms with Gasteiger partial charge in [0.1, 0.15) is 5.75 Å². The lowest BCUT2D eigenvalue weighted by atomic mass is 9.83. The number of nitrogens with zero attached hydrogens (tertiary/aromatic N) is 3. The number of carbonyl (C=O) groups excluding carboxylic acids is 1. The largest absolute Gasteiger partial charge is 0.573 e. The number of alkyl halides is 3. The van der Waals surface area contributed by atoms with Crippen LogP contribution in [0.4, 0.5) is 29.3 Å². The topological polar surface area (TPSA) is 56.6 Å². The van der Waals surface area contributed by atoms with E-state index >= 15 is 0 Å². The van der Waals surface area contributed by atoms with Crippen molar-refractivity contribution >= 4 is 17.4 Å². The van der Waals surface area contributed by atoms with Gasteiger partial charge in [-0.3, -0.25) is 9.80 Å². The Morgan fingerprint density at radius 3 is 2.23 bits per heavy atom. The van der Waals surface area contributed by atoms with Crippen LogP contribution in [0.3, 0.4) is 0 Å². The van der Waals surface area contributed by atoms with Crippen LogP contribution in [0, 0.1) is 18.3 Å². The number of benzene rings is 3. The van der Waals surface area contributed by atoms with Crippen molar-refractivity contribution < 1.29 is 22.7 Å². The zero-order valence-corrected chi connectivity index (χ0v) is 19.5. The van der Waals surface area contributed by atoms with E-state index in [1.54, 1.807) is 40.1 Å². The van der Waals surface area contributed by atoms with Gasteiger partial charge in [-0.15, -0.1) is 13.2 Å². The van der Waals surface area contributed by atoms with Gasteiger partial charge in [0.2, 0.25) is 0 Å². The third kappa shape index (κ3) is 4.54. The van der Waals surface area contributed by atoms with Gasteiger partial charge in [0, 0.05) is 11.4 Å². The summed E-state index contributed by atoms with van der Waals surface area (Å²) < 4.78 is 43.0. The Morgan fingerprint density at radius 2 is 1.66 bits per heavy atom. The number of aryl methyl sites for hydroxylation is 1. The van der Waals surface area contributed by atoms with Crippen molar-refractivity contribution in [1.82, 2.24) is 0 Å². The SMILES string of the molecule is CC[C@]1(C)[C@@H](c2cccc(OC(F)(F)F)c2)N(c2ccc(C)cc2)C(=O)N1c1ccc(C#N)cc1. The van der Waals surface area contributed by atoms with Crippen molar-refractivity contribution in [1.29, 1.82) is 5.26 Å². The van der Waals surface area contributed by atoms with E-state index in [0.29, 0.717) is 28.9 Å². The predicted molar refractivity (Wildman–Crippen MR) is 127 cm³/mol. The fourth-order valence-electron chi connectivity index (χ4n) is 4.63. The molecule has 2 amide bonds. The van der Waals surface area contributed by atoms with E-state index in [1.807, 2.05) is 45.0 Å². The maximum atomic E-state index is 14.0. The van der Waals surface area contributed by atoms with E-state index in [-0.39, 0.29) is 11.8 Å². The molecule has 5 nitrogen and oxygen atoms in total. The lowest BCUT2D eigenvalue weighted by Crippen LogP contribution is -2.45. The number of ether oxygens (including phenoxy) is 1. The third-order valence-corrected chi connectivity index (χ3v) is 6.45. The average Bonchev–Trinajstić information content (AvgIpc) is 3.06. The molecule has 1 aliphatic rings. The molecule has 0 saturated carbocycles. The minimum Gasteiger partial charge on any atom is -0.406 e. The summed E-state index contributed by atoms with van der Waals surface area (Å²) in [6.07, 6.45) is -4.32.